The largest absolute Gasteiger partial charge is 0.393 e. The van der Waals surface area contributed by atoms with Gasteiger partial charge in [0.1, 0.15) is 6.10 Å². The fourth-order valence-electron chi connectivity index (χ4n) is 7.31. The van der Waals surface area contributed by atoms with E-state index < -0.39 is 34.9 Å². The Labute approximate surface area is 163 Å². The van der Waals surface area contributed by atoms with Crippen LogP contribution in [-0.2, 0) is 4.79 Å². The zero-order valence-corrected chi connectivity index (χ0v) is 17.1. The number of rotatable bonds is 0. The lowest BCUT2D eigenvalue weighted by molar-refractivity contribution is -0.185. The van der Waals surface area contributed by atoms with Crippen molar-refractivity contribution in [3.05, 3.63) is 0 Å². The minimum Gasteiger partial charge on any atom is -0.393 e. The third-order valence-electron chi connectivity index (χ3n) is 8.88. The number of ketones is 1. The van der Waals surface area contributed by atoms with Crippen LogP contribution in [0.5, 0.6) is 0 Å². The SMILES string of the molecule is C#C[C@]1(O)C(=O)[C@H](O)C2C3C(CC[C@@]21C)[C@@]1(C)CC[C@H](Br)C[C@H]1C[C@@H]3O. The quantitative estimate of drug-likeness (QED) is 0.411. The van der Waals surface area contributed by atoms with E-state index in [1.54, 1.807) is 0 Å². The summed E-state index contributed by atoms with van der Waals surface area (Å²) in [7, 11) is 0. The molecule has 4 saturated carbocycles. The number of Topliss-reactive ketones (excluding diaryl/α,β-unsaturated/α-hetero) is 1. The van der Waals surface area contributed by atoms with Crippen molar-refractivity contribution < 1.29 is 20.1 Å². The van der Waals surface area contributed by atoms with E-state index in [1.165, 1.54) is 0 Å². The summed E-state index contributed by atoms with van der Waals surface area (Å²) < 4.78 is 0. The van der Waals surface area contributed by atoms with E-state index in [0.717, 1.165) is 25.7 Å². The molecule has 4 fully saturated rings. The first kappa shape index (κ1) is 18.9. The van der Waals surface area contributed by atoms with Gasteiger partial charge in [-0.05, 0) is 61.7 Å². The first-order valence-electron chi connectivity index (χ1n) is 9.85. The number of carbonyl (C=O) groups is 1. The summed E-state index contributed by atoms with van der Waals surface area (Å²) in [6, 6.07) is 0. The normalized spacial score (nSPS) is 59.1. The molecule has 3 unspecified atom stereocenters. The van der Waals surface area contributed by atoms with Crippen LogP contribution in [0.4, 0.5) is 0 Å². The van der Waals surface area contributed by atoms with Gasteiger partial charge in [0.15, 0.2) is 5.60 Å². The second kappa shape index (κ2) is 5.80. The topological polar surface area (TPSA) is 77.8 Å². The highest BCUT2D eigenvalue weighted by molar-refractivity contribution is 9.09. The van der Waals surface area contributed by atoms with Crippen LogP contribution in [0.3, 0.4) is 0 Å². The zero-order valence-electron chi connectivity index (χ0n) is 15.5. The molecule has 0 saturated heterocycles. The highest BCUT2D eigenvalue weighted by Crippen LogP contribution is 2.67. The average Bonchev–Trinajstić information content (AvgIpc) is 2.75. The number of hydrogen-bond donors (Lipinski definition) is 3. The summed E-state index contributed by atoms with van der Waals surface area (Å²) in [6.45, 7) is 4.16. The number of fused-ring (bicyclic) bond motifs is 5. The standard InChI is InChI=1S/C21H29BrO4/c1-4-21(26)18(25)17(24)16-15-13(6-8-20(16,21)3)19(2)7-5-12(22)9-11(19)10-14(15)23/h1,11-17,23-24,26H,5-10H2,2-3H3/t11-,12-,13?,14-,15?,16?,17+,19-,20-,21-/m0/s1. The van der Waals surface area contributed by atoms with Crippen molar-refractivity contribution in [2.45, 2.75) is 75.0 Å². The van der Waals surface area contributed by atoms with E-state index in [0.29, 0.717) is 23.6 Å². The molecule has 0 aromatic carbocycles. The van der Waals surface area contributed by atoms with Gasteiger partial charge in [-0.15, -0.1) is 6.42 Å². The van der Waals surface area contributed by atoms with E-state index in [9.17, 15) is 20.1 Å². The molecule has 3 N–H and O–H groups in total. The minimum absolute atomic E-state index is 0.106. The third-order valence-corrected chi connectivity index (χ3v) is 9.71. The van der Waals surface area contributed by atoms with Gasteiger partial charge in [-0.1, -0.05) is 35.7 Å². The molecule has 26 heavy (non-hydrogen) atoms. The number of terminal acetylenes is 1. The molecule has 0 aliphatic heterocycles. The number of hydrogen-bond acceptors (Lipinski definition) is 4. The van der Waals surface area contributed by atoms with E-state index in [4.69, 9.17) is 6.42 Å². The highest BCUT2D eigenvalue weighted by Gasteiger charge is 2.72. The van der Waals surface area contributed by atoms with Crippen LogP contribution in [0.25, 0.3) is 0 Å². The molecule has 0 aromatic heterocycles. The predicted octanol–water partition coefficient (Wildman–Crippen LogP) is 2.28. The predicted molar refractivity (Wildman–Crippen MR) is 101 cm³/mol. The molecule has 10 atom stereocenters. The van der Waals surface area contributed by atoms with Crippen LogP contribution >= 0.6 is 15.9 Å². The first-order chi connectivity index (χ1) is 12.1. The third kappa shape index (κ3) is 2.11. The molecule has 0 amide bonds. The molecule has 0 aromatic rings. The molecule has 0 radical (unpaired) electrons. The number of carbonyl (C=O) groups excluding carboxylic acids is 1. The zero-order chi connectivity index (χ0) is 19.1. The summed E-state index contributed by atoms with van der Waals surface area (Å²) in [5.74, 6) is 1.66. The summed E-state index contributed by atoms with van der Waals surface area (Å²) in [6.07, 6.45) is 9.11. The Morgan fingerprint density at radius 3 is 2.54 bits per heavy atom. The lowest BCUT2D eigenvalue weighted by atomic mass is 9.43. The number of aliphatic hydroxyl groups is 3. The summed E-state index contributed by atoms with van der Waals surface area (Å²) in [4.78, 5) is 13.2. The molecule has 5 heteroatoms. The Bertz CT molecular complexity index is 673. The summed E-state index contributed by atoms with van der Waals surface area (Å²) in [5.41, 5.74) is -2.71. The monoisotopic (exact) mass is 424 g/mol. The van der Waals surface area contributed by atoms with Crippen LogP contribution in [-0.4, -0.2) is 43.7 Å². The van der Waals surface area contributed by atoms with Gasteiger partial charge >= 0.3 is 0 Å². The first-order valence-corrected chi connectivity index (χ1v) is 10.8. The van der Waals surface area contributed by atoms with Gasteiger partial charge in [0, 0.05) is 16.2 Å². The van der Waals surface area contributed by atoms with Crippen LogP contribution in [0.1, 0.15) is 52.4 Å². The molecule has 4 aliphatic carbocycles. The van der Waals surface area contributed by atoms with Crippen molar-refractivity contribution in [2.75, 3.05) is 0 Å². The van der Waals surface area contributed by atoms with Gasteiger partial charge in [-0.2, -0.15) is 0 Å². The van der Waals surface area contributed by atoms with Crippen molar-refractivity contribution in [2.24, 2.45) is 34.5 Å². The van der Waals surface area contributed by atoms with E-state index in [2.05, 4.69) is 28.8 Å². The molecule has 4 aliphatic rings. The fourth-order valence-corrected chi connectivity index (χ4v) is 7.99. The fraction of sp³-hybridized carbons (Fsp3) is 0.857. The maximum absolute atomic E-state index is 12.7. The van der Waals surface area contributed by atoms with E-state index in [1.807, 2.05) is 6.92 Å². The molecular formula is C21H29BrO4. The molecule has 4 rings (SSSR count). The van der Waals surface area contributed by atoms with Crippen LogP contribution in [0.15, 0.2) is 0 Å². The molecule has 0 spiro atoms. The van der Waals surface area contributed by atoms with Gasteiger partial charge in [0.05, 0.1) is 6.10 Å². The van der Waals surface area contributed by atoms with Crippen LogP contribution in [0.2, 0.25) is 0 Å². The summed E-state index contributed by atoms with van der Waals surface area (Å²) in [5, 5.41) is 32.8. The van der Waals surface area contributed by atoms with Gasteiger partial charge in [-0.3, -0.25) is 4.79 Å². The van der Waals surface area contributed by atoms with Gasteiger partial charge in [0.2, 0.25) is 5.78 Å². The van der Waals surface area contributed by atoms with Gasteiger partial charge < -0.3 is 15.3 Å². The minimum atomic E-state index is -1.94. The maximum atomic E-state index is 12.7. The number of alkyl halides is 1. The smallest absolute Gasteiger partial charge is 0.206 e. The highest BCUT2D eigenvalue weighted by atomic mass is 79.9. The average molecular weight is 425 g/mol. The Kier molecular flexibility index (Phi) is 4.22. The maximum Gasteiger partial charge on any atom is 0.206 e. The van der Waals surface area contributed by atoms with E-state index in [-0.39, 0.29) is 17.3 Å². The Morgan fingerprint density at radius 1 is 1.19 bits per heavy atom. The second-order valence-corrected chi connectivity index (χ2v) is 11.0. The van der Waals surface area contributed by atoms with Crippen molar-refractivity contribution in [3.63, 3.8) is 0 Å². The van der Waals surface area contributed by atoms with Crippen molar-refractivity contribution in [1.29, 1.82) is 0 Å². The van der Waals surface area contributed by atoms with Crippen molar-refractivity contribution in [1.82, 2.24) is 0 Å². The lowest BCUT2D eigenvalue weighted by Crippen LogP contribution is -2.61. The molecule has 4 nitrogen and oxygen atoms in total. The van der Waals surface area contributed by atoms with E-state index >= 15 is 0 Å². The summed E-state index contributed by atoms with van der Waals surface area (Å²) >= 11 is 3.76. The Hall–Kier alpha value is -0.410. The number of aliphatic hydroxyl groups excluding tert-OH is 2. The van der Waals surface area contributed by atoms with Gasteiger partial charge in [-0.25, -0.2) is 0 Å². The molecule has 0 heterocycles. The van der Waals surface area contributed by atoms with Crippen LogP contribution < -0.4 is 0 Å². The molecular weight excluding hydrogens is 396 g/mol. The Balaban J connectivity index is 1.77. The lowest BCUT2D eigenvalue weighted by Gasteiger charge is -2.62. The second-order valence-electron chi connectivity index (χ2n) is 9.71. The molecule has 0 bridgehead atoms. The Morgan fingerprint density at radius 2 is 1.88 bits per heavy atom. The van der Waals surface area contributed by atoms with Crippen molar-refractivity contribution >= 4 is 21.7 Å². The van der Waals surface area contributed by atoms with Crippen LogP contribution in [0, 0.1) is 46.8 Å². The van der Waals surface area contributed by atoms with Gasteiger partial charge in [0.25, 0.3) is 0 Å². The molecule has 144 valence electrons. The van der Waals surface area contributed by atoms with Crippen molar-refractivity contribution in [3.8, 4) is 12.3 Å². The number of halogens is 1.